The third-order valence-corrected chi connectivity index (χ3v) is 3.14. The summed E-state index contributed by atoms with van der Waals surface area (Å²) in [6.07, 6.45) is 0. The molecule has 0 spiro atoms. The van der Waals surface area contributed by atoms with E-state index < -0.39 is 11.8 Å². The molecular weight excluding hydrogens is 308 g/mol. The second kappa shape index (κ2) is 8.57. The molecule has 24 heavy (non-hydrogen) atoms. The largest absolute Gasteiger partial charge is 0.493 e. The number of amides is 2. The Bertz CT molecular complexity index is 698. The van der Waals surface area contributed by atoms with Gasteiger partial charge in [-0.3, -0.25) is 20.4 Å². The van der Waals surface area contributed by atoms with Crippen molar-refractivity contribution in [3.05, 3.63) is 59.7 Å². The minimum Gasteiger partial charge on any atom is -0.493 e. The summed E-state index contributed by atoms with van der Waals surface area (Å²) in [5.41, 5.74) is 6.11. The average molecular weight is 328 g/mol. The van der Waals surface area contributed by atoms with Crippen LogP contribution in [-0.2, 0) is 4.79 Å². The summed E-state index contributed by atoms with van der Waals surface area (Å²) < 4.78 is 10.7. The molecule has 2 aromatic carbocycles. The van der Waals surface area contributed by atoms with Crippen molar-refractivity contribution in [1.82, 2.24) is 10.9 Å². The molecular formula is C18H20N2O4. The van der Waals surface area contributed by atoms with Gasteiger partial charge >= 0.3 is 0 Å². The number of benzene rings is 2. The van der Waals surface area contributed by atoms with E-state index in [9.17, 15) is 9.59 Å². The van der Waals surface area contributed by atoms with Crippen LogP contribution < -0.4 is 20.3 Å². The zero-order valence-corrected chi connectivity index (χ0v) is 13.7. The lowest BCUT2D eigenvalue weighted by Crippen LogP contribution is -2.43. The maximum atomic E-state index is 12.1. The number of hydrogen-bond acceptors (Lipinski definition) is 4. The van der Waals surface area contributed by atoms with Crippen LogP contribution in [0.3, 0.4) is 0 Å². The van der Waals surface area contributed by atoms with Crippen LogP contribution in [0.2, 0.25) is 0 Å². The number of aryl methyl sites for hydroxylation is 1. The summed E-state index contributed by atoms with van der Waals surface area (Å²) in [7, 11) is 0. The second-order valence-electron chi connectivity index (χ2n) is 5.03. The second-order valence-corrected chi connectivity index (χ2v) is 5.03. The summed E-state index contributed by atoms with van der Waals surface area (Å²) >= 11 is 0. The summed E-state index contributed by atoms with van der Waals surface area (Å²) in [5, 5.41) is 0. The third-order valence-electron chi connectivity index (χ3n) is 3.14. The van der Waals surface area contributed by atoms with Crippen LogP contribution in [0.15, 0.2) is 48.5 Å². The highest BCUT2D eigenvalue weighted by molar-refractivity contribution is 5.97. The Morgan fingerprint density at radius 2 is 1.67 bits per heavy atom. The minimum atomic E-state index is -0.460. The fraction of sp³-hybridized carbons (Fsp3) is 0.222. The lowest BCUT2D eigenvalue weighted by molar-refractivity contribution is -0.123. The fourth-order valence-electron chi connectivity index (χ4n) is 1.95. The topological polar surface area (TPSA) is 76.7 Å². The van der Waals surface area contributed by atoms with Gasteiger partial charge in [-0.2, -0.15) is 0 Å². The van der Waals surface area contributed by atoms with Gasteiger partial charge in [-0.05, 0) is 38.1 Å². The Kier molecular flexibility index (Phi) is 6.19. The molecule has 2 aromatic rings. The average Bonchev–Trinajstić information content (AvgIpc) is 2.60. The molecule has 2 amide bonds. The normalized spacial score (nSPS) is 9.92. The Labute approximate surface area is 140 Å². The lowest BCUT2D eigenvalue weighted by atomic mass is 10.2. The van der Waals surface area contributed by atoms with Crippen LogP contribution in [0.5, 0.6) is 11.5 Å². The quantitative estimate of drug-likeness (QED) is 0.797. The van der Waals surface area contributed by atoms with Crippen LogP contribution in [-0.4, -0.2) is 25.0 Å². The van der Waals surface area contributed by atoms with E-state index >= 15 is 0 Å². The highest BCUT2D eigenvalue weighted by atomic mass is 16.5. The molecule has 6 heteroatoms. The maximum Gasteiger partial charge on any atom is 0.276 e. The zero-order valence-electron chi connectivity index (χ0n) is 13.7. The molecule has 0 aromatic heterocycles. The molecule has 0 aliphatic rings. The van der Waals surface area contributed by atoms with E-state index in [1.807, 2.05) is 26.0 Å². The van der Waals surface area contributed by atoms with Crippen molar-refractivity contribution in [1.29, 1.82) is 0 Å². The first kappa shape index (κ1) is 17.3. The number of rotatable bonds is 6. The molecule has 2 N–H and O–H groups in total. The number of carbonyl (C=O) groups excluding carboxylic acids is 2. The minimum absolute atomic E-state index is 0.198. The number of ether oxygens (including phenoxy) is 2. The number of nitrogens with one attached hydrogen (secondary N) is 2. The number of para-hydroxylation sites is 1. The van der Waals surface area contributed by atoms with Crippen LogP contribution in [0.1, 0.15) is 22.8 Å². The first-order valence-electron chi connectivity index (χ1n) is 7.60. The highest BCUT2D eigenvalue weighted by Crippen LogP contribution is 2.17. The molecule has 0 saturated carbocycles. The molecule has 2 rings (SSSR count). The molecule has 0 bridgehead atoms. The molecule has 0 heterocycles. The zero-order chi connectivity index (χ0) is 17.4. The van der Waals surface area contributed by atoms with Gasteiger partial charge in [-0.15, -0.1) is 0 Å². The van der Waals surface area contributed by atoms with E-state index in [-0.39, 0.29) is 6.61 Å². The van der Waals surface area contributed by atoms with Crippen molar-refractivity contribution >= 4 is 11.8 Å². The molecule has 0 atom stereocenters. The molecule has 0 aliphatic carbocycles. The summed E-state index contributed by atoms with van der Waals surface area (Å²) in [4.78, 5) is 23.9. The van der Waals surface area contributed by atoms with Crippen molar-refractivity contribution in [2.45, 2.75) is 13.8 Å². The van der Waals surface area contributed by atoms with Crippen LogP contribution in [0.4, 0.5) is 0 Å². The van der Waals surface area contributed by atoms with Crippen molar-refractivity contribution in [3.63, 3.8) is 0 Å². The van der Waals surface area contributed by atoms with Crippen LogP contribution in [0, 0.1) is 6.92 Å². The molecule has 126 valence electrons. The van der Waals surface area contributed by atoms with E-state index in [0.717, 1.165) is 5.56 Å². The van der Waals surface area contributed by atoms with Crippen molar-refractivity contribution in [2.24, 2.45) is 0 Å². The van der Waals surface area contributed by atoms with Gasteiger partial charge in [0, 0.05) is 0 Å². The molecule has 0 aliphatic heterocycles. The van der Waals surface area contributed by atoms with Gasteiger partial charge in [-0.1, -0.05) is 29.8 Å². The van der Waals surface area contributed by atoms with Gasteiger partial charge in [0.2, 0.25) is 0 Å². The Hall–Kier alpha value is -3.02. The van der Waals surface area contributed by atoms with E-state index in [2.05, 4.69) is 10.9 Å². The van der Waals surface area contributed by atoms with Crippen molar-refractivity contribution < 1.29 is 19.1 Å². The number of hydrogen-bond donors (Lipinski definition) is 2. The monoisotopic (exact) mass is 328 g/mol. The molecule has 0 fully saturated rings. The standard InChI is InChI=1S/C18H20N2O4/c1-3-23-16-7-5-4-6-15(16)18(22)20-19-17(21)12-24-14-10-8-13(2)9-11-14/h4-11H,3,12H2,1-2H3,(H,19,21)(H,20,22). The summed E-state index contributed by atoms with van der Waals surface area (Å²) in [6.45, 7) is 4.04. The Balaban J connectivity index is 1.83. The summed E-state index contributed by atoms with van der Waals surface area (Å²) in [6, 6.07) is 14.1. The van der Waals surface area contributed by atoms with E-state index in [1.54, 1.807) is 36.4 Å². The van der Waals surface area contributed by atoms with Crippen LogP contribution in [0.25, 0.3) is 0 Å². The van der Waals surface area contributed by atoms with Crippen molar-refractivity contribution in [3.8, 4) is 11.5 Å². The Morgan fingerprint density at radius 1 is 0.958 bits per heavy atom. The SMILES string of the molecule is CCOc1ccccc1C(=O)NNC(=O)COc1ccc(C)cc1. The molecule has 0 saturated heterocycles. The van der Waals surface area contributed by atoms with E-state index in [1.165, 1.54) is 0 Å². The lowest BCUT2D eigenvalue weighted by Gasteiger charge is -2.11. The predicted molar refractivity (Wildman–Crippen MR) is 89.9 cm³/mol. The van der Waals surface area contributed by atoms with Gasteiger partial charge in [0.1, 0.15) is 11.5 Å². The number of hydrazine groups is 1. The van der Waals surface area contributed by atoms with E-state index in [4.69, 9.17) is 9.47 Å². The first-order valence-corrected chi connectivity index (χ1v) is 7.60. The molecule has 0 unspecified atom stereocenters. The van der Waals surface area contributed by atoms with Gasteiger partial charge in [0.25, 0.3) is 11.8 Å². The molecule has 0 radical (unpaired) electrons. The first-order chi connectivity index (χ1) is 11.6. The van der Waals surface area contributed by atoms with E-state index in [0.29, 0.717) is 23.7 Å². The smallest absolute Gasteiger partial charge is 0.276 e. The summed E-state index contributed by atoms with van der Waals surface area (Å²) in [5.74, 6) is 0.131. The molecule has 6 nitrogen and oxygen atoms in total. The van der Waals surface area contributed by atoms with Crippen molar-refractivity contribution in [2.75, 3.05) is 13.2 Å². The van der Waals surface area contributed by atoms with Crippen LogP contribution >= 0.6 is 0 Å². The maximum absolute atomic E-state index is 12.1. The third kappa shape index (κ3) is 5.01. The number of carbonyl (C=O) groups is 2. The Morgan fingerprint density at radius 3 is 2.38 bits per heavy atom. The highest BCUT2D eigenvalue weighted by Gasteiger charge is 2.12. The predicted octanol–water partition coefficient (Wildman–Crippen LogP) is 2.23. The van der Waals surface area contributed by atoms with Gasteiger partial charge < -0.3 is 9.47 Å². The fourth-order valence-corrected chi connectivity index (χ4v) is 1.95. The van der Waals surface area contributed by atoms with Gasteiger partial charge in [0.05, 0.1) is 12.2 Å². The van der Waals surface area contributed by atoms with Gasteiger partial charge in [0.15, 0.2) is 6.61 Å². The van der Waals surface area contributed by atoms with Gasteiger partial charge in [-0.25, -0.2) is 0 Å².